The molecule has 8 heteroatoms. The highest BCUT2D eigenvalue weighted by Crippen LogP contribution is 1.73. The summed E-state index contributed by atoms with van der Waals surface area (Å²) in [7, 11) is -5.42. The summed E-state index contributed by atoms with van der Waals surface area (Å²) in [5, 5.41) is 6.94. The second-order valence-corrected chi connectivity index (χ2v) is 1.90. The lowest BCUT2D eigenvalue weighted by Crippen LogP contribution is -2.68. The van der Waals surface area contributed by atoms with Gasteiger partial charge in [0.05, 0.1) is 0 Å². The fraction of sp³-hybridized carbons (Fsp3) is 0. The molecule has 1 aliphatic heterocycles. The molecule has 0 amide bonds. The van der Waals surface area contributed by atoms with Gasteiger partial charge in [-0.05, 0) is 0 Å². The third-order valence-electron chi connectivity index (χ3n) is 0.372. The minimum absolute atomic E-state index is 1.64. The molecule has 58 valence electrons. The third-order valence-corrected chi connectivity index (χ3v) is 0.372. The summed E-state index contributed by atoms with van der Waals surface area (Å²) in [4.78, 5) is 0. The smallest absolute Gasteiger partial charge is 0.255 e. The van der Waals surface area contributed by atoms with Gasteiger partial charge in [-0.2, -0.15) is 5.43 Å². The first-order chi connectivity index (χ1) is 4.50. The Morgan fingerprint density at radius 3 is 2.20 bits per heavy atom. The van der Waals surface area contributed by atoms with Crippen LogP contribution in [0.2, 0.25) is 0 Å². The van der Waals surface area contributed by atoms with Crippen LogP contribution in [0.3, 0.4) is 0 Å². The molecule has 0 saturated heterocycles. The molecule has 0 atom stereocenters. The van der Waals surface area contributed by atoms with Crippen LogP contribution >= 0.6 is 0 Å². The predicted octanol–water partition coefficient (Wildman–Crippen LogP) is -1.18. The quantitative estimate of drug-likeness (QED) is 0.280. The minimum Gasteiger partial charge on any atom is -0.722 e. The van der Waals surface area contributed by atoms with Crippen molar-refractivity contribution in [2.45, 2.75) is 0 Å². The predicted molar refractivity (Wildman–Crippen MR) is 26.7 cm³/mol. The lowest BCUT2D eigenvalue weighted by Gasteiger charge is -1.84. The van der Waals surface area contributed by atoms with Gasteiger partial charge < -0.3 is 4.55 Å². The SMILES string of the molecule is C1=C[NH2+]N=N1.O=S(=O)([O-])F. The molecule has 1 heterocycles. The van der Waals surface area contributed by atoms with Crippen LogP contribution in [0.25, 0.3) is 0 Å². The van der Waals surface area contributed by atoms with Crippen molar-refractivity contribution in [3.63, 3.8) is 0 Å². The maximum Gasteiger partial charge on any atom is 0.255 e. The largest absolute Gasteiger partial charge is 0.722 e. The molecule has 0 aromatic rings. The molecule has 1 aliphatic rings. The average molecular weight is 169 g/mol. The fourth-order valence-electron chi connectivity index (χ4n) is 0.192. The van der Waals surface area contributed by atoms with Crippen molar-refractivity contribution in [3.8, 4) is 0 Å². The number of rotatable bonds is 0. The van der Waals surface area contributed by atoms with Crippen LogP contribution in [-0.2, 0) is 10.5 Å². The Morgan fingerprint density at radius 1 is 1.60 bits per heavy atom. The van der Waals surface area contributed by atoms with Gasteiger partial charge in [-0.25, -0.2) is 8.42 Å². The molecule has 0 aromatic heterocycles. The Balaban J connectivity index is 0.000000162. The first-order valence-electron chi connectivity index (χ1n) is 2.04. The third kappa shape index (κ3) is 15.7. The van der Waals surface area contributed by atoms with E-state index < -0.39 is 10.5 Å². The van der Waals surface area contributed by atoms with Gasteiger partial charge in [-0.15, -0.1) is 9.00 Å². The molecular weight excluding hydrogens is 165 g/mol. The summed E-state index contributed by atoms with van der Waals surface area (Å²) in [6, 6.07) is 0. The van der Waals surface area contributed by atoms with Crippen LogP contribution in [-0.4, -0.2) is 13.0 Å². The highest BCUT2D eigenvalue weighted by Gasteiger charge is 1.77. The van der Waals surface area contributed by atoms with E-state index in [0.29, 0.717) is 0 Å². The maximum absolute atomic E-state index is 10.1. The summed E-state index contributed by atoms with van der Waals surface area (Å²) in [5.41, 5.74) is 1.64. The number of halogens is 1. The monoisotopic (exact) mass is 169 g/mol. The lowest BCUT2D eigenvalue weighted by atomic mass is 11.0. The van der Waals surface area contributed by atoms with E-state index in [-0.39, 0.29) is 0 Å². The summed E-state index contributed by atoms with van der Waals surface area (Å²) in [5.74, 6) is 0. The highest BCUT2D eigenvalue weighted by molar-refractivity contribution is 7.80. The number of quaternary nitrogens is 1. The standard InChI is InChI=1S/C2H3N3.FHO3S/c1-2-4-5-3-1;1-5(2,3)4/h1-2H,(H,3,4,5);(H,2,3,4). The lowest BCUT2D eigenvalue weighted by molar-refractivity contribution is -0.595. The second-order valence-electron chi connectivity index (χ2n) is 1.11. The molecule has 0 aromatic carbocycles. The molecule has 0 fully saturated rings. The molecule has 2 N–H and O–H groups in total. The zero-order chi connectivity index (χ0) is 8.04. The Bertz CT molecular complexity index is 214. The van der Waals surface area contributed by atoms with Crippen LogP contribution in [0, 0.1) is 0 Å². The van der Waals surface area contributed by atoms with Gasteiger partial charge in [0, 0.05) is 5.22 Å². The summed E-state index contributed by atoms with van der Waals surface area (Å²) in [6.07, 6.45) is 3.42. The number of nitrogens with two attached hydrogens (primary N) is 1. The summed E-state index contributed by atoms with van der Waals surface area (Å²) in [6.45, 7) is 0. The van der Waals surface area contributed by atoms with Crippen molar-refractivity contribution in [2.75, 3.05) is 0 Å². The van der Waals surface area contributed by atoms with Crippen LogP contribution < -0.4 is 5.43 Å². The van der Waals surface area contributed by atoms with Crippen molar-refractivity contribution in [1.29, 1.82) is 0 Å². The molecule has 0 unspecified atom stereocenters. The molecule has 0 radical (unpaired) electrons. The first-order valence-corrected chi connectivity index (χ1v) is 3.35. The van der Waals surface area contributed by atoms with Crippen molar-refractivity contribution < 1.29 is 22.3 Å². The van der Waals surface area contributed by atoms with Gasteiger partial charge in [-0.1, -0.05) is 0 Å². The zero-order valence-corrected chi connectivity index (χ0v) is 5.45. The van der Waals surface area contributed by atoms with Gasteiger partial charge in [0.25, 0.3) is 10.5 Å². The van der Waals surface area contributed by atoms with E-state index in [0.717, 1.165) is 0 Å². The first kappa shape index (κ1) is 9.14. The molecule has 1 rings (SSSR count). The van der Waals surface area contributed by atoms with Crippen LogP contribution in [0.5, 0.6) is 0 Å². The van der Waals surface area contributed by atoms with Crippen molar-refractivity contribution in [1.82, 2.24) is 0 Å². The normalized spacial score (nSPS) is 14.6. The summed E-state index contributed by atoms with van der Waals surface area (Å²) >= 11 is 0. The minimum atomic E-state index is -5.42. The van der Waals surface area contributed by atoms with Crippen LogP contribution in [0.1, 0.15) is 0 Å². The number of hydrogen-bond donors (Lipinski definition) is 1. The van der Waals surface area contributed by atoms with Crippen molar-refractivity contribution >= 4 is 10.5 Å². The maximum atomic E-state index is 10.1. The molecular formula is C2H4FN3O3S. The zero-order valence-electron chi connectivity index (χ0n) is 4.64. The van der Waals surface area contributed by atoms with Gasteiger partial charge in [0.1, 0.15) is 12.4 Å². The van der Waals surface area contributed by atoms with E-state index in [9.17, 15) is 3.89 Å². The molecule has 6 nitrogen and oxygen atoms in total. The van der Waals surface area contributed by atoms with E-state index in [4.69, 9.17) is 13.0 Å². The van der Waals surface area contributed by atoms with Crippen LogP contribution in [0.15, 0.2) is 22.7 Å². The van der Waals surface area contributed by atoms with E-state index >= 15 is 0 Å². The Hall–Kier alpha value is -0.860. The Kier molecular flexibility index (Phi) is 3.69. The molecule has 0 aliphatic carbocycles. The summed E-state index contributed by atoms with van der Waals surface area (Å²) < 4.78 is 35.3. The Morgan fingerprint density at radius 2 is 2.10 bits per heavy atom. The number of hydrogen-bond acceptors (Lipinski definition) is 5. The molecule has 10 heavy (non-hydrogen) atoms. The molecule has 0 spiro atoms. The second kappa shape index (κ2) is 4.04. The average Bonchev–Trinajstić information content (AvgIpc) is 2.07. The van der Waals surface area contributed by atoms with Gasteiger partial charge >= 0.3 is 0 Å². The van der Waals surface area contributed by atoms with Gasteiger partial charge in [0.2, 0.25) is 0 Å². The highest BCUT2D eigenvalue weighted by atomic mass is 32.3. The topological polar surface area (TPSA) is 98.5 Å². The van der Waals surface area contributed by atoms with Crippen LogP contribution in [0.4, 0.5) is 3.89 Å². The molecule has 0 bridgehead atoms. The van der Waals surface area contributed by atoms with Crippen molar-refractivity contribution in [2.24, 2.45) is 10.3 Å². The van der Waals surface area contributed by atoms with E-state index in [1.807, 2.05) is 0 Å². The van der Waals surface area contributed by atoms with E-state index in [1.54, 1.807) is 17.8 Å². The van der Waals surface area contributed by atoms with Gasteiger partial charge in [-0.3, -0.25) is 0 Å². The van der Waals surface area contributed by atoms with Gasteiger partial charge in [0.15, 0.2) is 0 Å². The molecule has 0 saturated carbocycles. The Labute approximate surface area is 56.5 Å². The van der Waals surface area contributed by atoms with E-state index in [1.165, 1.54) is 0 Å². The van der Waals surface area contributed by atoms with E-state index in [2.05, 4.69) is 10.3 Å². The fourth-order valence-corrected chi connectivity index (χ4v) is 0.192. The number of nitrogens with zero attached hydrogens (tertiary/aromatic N) is 2. The van der Waals surface area contributed by atoms with Crippen molar-refractivity contribution in [3.05, 3.63) is 12.4 Å².